The average Bonchev–Trinajstić information content (AvgIpc) is 2.42. The van der Waals surface area contributed by atoms with Crippen LogP contribution in [0.2, 0.25) is 0 Å². The van der Waals surface area contributed by atoms with E-state index in [1.807, 2.05) is 0 Å². The zero-order valence-electron chi connectivity index (χ0n) is 4.78. The van der Waals surface area contributed by atoms with E-state index in [0.29, 0.717) is 0 Å². The number of hydrogen-bond donors (Lipinski definition) is 1. The molecule has 0 aromatic rings. The van der Waals surface area contributed by atoms with E-state index >= 15 is 0 Å². The summed E-state index contributed by atoms with van der Waals surface area (Å²) in [6.07, 6.45) is 0. The lowest BCUT2D eigenvalue weighted by atomic mass is 10.7. The van der Waals surface area contributed by atoms with Gasteiger partial charge in [0.2, 0.25) is 0 Å². The summed E-state index contributed by atoms with van der Waals surface area (Å²) in [5, 5.41) is 3.24. The van der Waals surface area contributed by atoms with Gasteiger partial charge in [-0.2, -0.15) is 0 Å². The molecule has 1 rings (SSSR count). The molecule has 1 N–H and O–H groups in total. The summed E-state index contributed by atoms with van der Waals surface area (Å²) >= 11 is 0. The third-order valence-electron chi connectivity index (χ3n) is 1.13. The fraction of sp³-hybridized carbons (Fsp3) is 1.00. The first-order chi connectivity index (χ1) is 3.43. The van der Waals surface area contributed by atoms with Crippen molar-refractivity contribution in [3.8, 4) is 0 Å². The molecule has 0 spiro atoms. The Kier molecular flexibility index (Phi) is 1.65. The number of rotatable bonds is 3. The fourth-order valence-corrected chi connectivity index (χ4v) is 0.499. The molecule has 0 aromatic carbocycles. The lowest BCUT2D eigenvalue weighted by Crippen LogP contribution is -2.20. The molecule has 1 aliphatic rings. The molecule has 0 aromatic heterocycles. The first-order valence-corrected chi connectivity index (χ1v) is 2.86. The van der Waals surface area contributed by atoms with Crippen molar-refractivity contribution in [2.45, 2.75) is 6.92 Å². The molecule has 1 heterocycles. The minimum atomic E-state index is 1.09. The molecule has 42 valence electrons. The first-order valence-electron chi connectivity index (χ1n) is 2.86. The van der Waals surface area contributed by atoms with Gasteiger partial charge in [-0.15, -0.1) is 0 Å². The Hall–Kier alpha value is -0.0800. The van der Waals surface area contributed by atoms with Crippen LogP contribution in [-0.2, 0) is 0 Å². The molecule has 1 aliphatic heterocycles. The van der Waals surface area contributed by atoms with E-state index in [-0.39, 0.29) is 0 Å². The third kappa shape index (κ3) is 1.90. The lowest BCUT2D eigenvalue weighted by Gasteiger charge is -1.97. The minimum absolute atomic E-state index is 1.09. The largest absolute Gasteiger partial charge is 0.305 e. The van der Waals surface area contributed by atoms with E-state index in [1.165, 1.54) is 13.1 Å². The predicted molar refractivity (Wildman–Crippen MR) is 30.1 cm³/mol. The molecule has 0 aliphatic carbocycles. The standard InChI is InChI=1S/C5H12N2/c1-2-6-5-7-3-4-7/h6H,2-5H2,1H3. The molecular formula is C5H12N2. The highest BCUT2D eigenvalue weighted by molar-refractivity contribution is 4.69. The van der Waals surface area contributed by atoms with Gasteiger partial charge >= 0.3 is 0 Å². The molecule has 7 heavy (non-hydrogen) atoms. The van der Waals surface area contributed by atoms with Crippen LogP contribution in [0.4, 0.5) is 0 Å². The van der Waals surface area contributed by atoms with Gasteiger partial charge in [-0.3, -0.25) is 4.90 Å². The van der Waals surface area contributed by atoms with Crippen molar-refractivity contribution in [1.29, 1.82) is 0 Å². The number of nitrogens with one attached hydrogen (secondary N) is 1. The Morgan fingerprint density at radius 3 is 2.71 bits per heavy atom. The maximum atomic E-state index is 3.24. The van der Waals surface area contributed by atoms with E-state index in [9.17, 15) is 0 Å². The molecule has 1 fully saturated rings. The molecule has 0 atom stereocenters. The van der Waals surface area contributed by atoms with E-state index in [2.05, 4.69) is 17.1 Å². The van der Waals surface area contributed by atoms with Crippen molar-refractivity contribution in [2.24, 2.45) is 0 Å². The summed E-state index contributed by atoms with van der Waals surface area (Å²) in [4.78, 5) is 2.35. The van der Waals surface area contributed by atoms with E-state index in [4.69, 9.17) is 0 Å². The van der Waals surface area contributed by atoms with Crippen molar-refractivity contribution in [2.75, 3.05) is 26.3 Å². The van der Waals surface area contributed by atoms with Gasteiger partial charge in [0, 0.05) is 19.8 Å². The lowest BCUT2D eigenvalue weighted by molar-refractivity contribution is 0.493. The fourth-order valence-electron chi connectivity index (χ4n) is 0.499. The zero-order valence-corrected chi connectivity index (χ0v) is 4.78. The van der Waals surface area contributed by atoms with E-state index < -0.39 is 0 Å². The highest BCUT2D eigenvalue weighted by atomic mass is 15.3. The normalized spacial score (nSPS) is 20.1. The summed E-state index contributed by atoms with van der Waals surface area (Å²) < 4.78 is 0. The van der Waals surface area contributed by atoms with Crippen LogP contribution in [0.1, 0.15) is 6.92 Å². The van der Waals surface area contributed by atoms with Crippen LogP contribution in [-0.4, -0.2) is 31.2 Å². The topological polar surface area (TPSA) is 15.0 Å². The Morgan fingerprint density at radius 2 is 2.29 bits per heavy atom. The van der Waals surface area contributed by atoms with E-state index in [0.717, 1.165) is 13.2 Å². The molecule has 0 radical (unpaired) electrons. The molecular weight excluding hydrogens is 88.1 g/mol. The summed E-state index contributed by atoms with van der Waals surface area (Å²) in [7, 11) is 0. The second kappa shape index (κ2) is 2.28. The van der Waals surface area contributed by atoms with Crippen molar-refractivity contribution >= 4 is 0 Å². The predicted octanol–water partition coefficient (Wildman–Crippen LogP) is -0.131. The summed E-state index contributed by atoms with van der Waals surface area (Å²) in [6.45, 7) is 6.91. The maximum Gasteiger partial charge on any atom is 0.0481 e. The van der Waals surface area contributed by atoms with Gasteiger partial charge in [0.05, 0.1) is 0 Å². The summed E-state index contributed by atoms with van der Waals surface area (Å²) in [5.74, 6) is 0. The van der Waals surface area contributed by atoms with Gasteiger partial charge in [0.25, 0.3) is 0 Å². The van der Waals surface area contributed by atoms with Crippen LogP contribution in [0, 0.1) is 0 Å². The quantitative estimate of drug-likeness (QED) is 0.497. The Bertz CT molecular complexity index is 50.0. The Morgan fingerprint density at radius 1 is 1.57 bits per heavy atom. The summed E-state index contributed by atoms with van der Waals surface area (Å²) in [6, 6.07) is 0. The number of nitrogens with zero attached hydrogens (tertiary/aromatic N) is 1. The highest BCUT2D eigenvalue weighted by Gasteiger charge is 2.14. The van der Waals surface area contributed by atoms with Gasteiger partial charge in [-0.05, 0) is 6.54 Å². The third-order valence-corrected chi connectivity index (χ3v) is 1.13. The van der Waals surface area contributed by atoms with Crippen LogP contribution in [0.3, 0.4) is 0 Å². The van der Waals surface area contributed by atoms with Crippen LogP contribution >= 0.6 is 0 Å². The average molecular weight is 100 g/mol. The van der Waals surface area contributed by atoms with Crippen molar-refractivity contribution in [3.05, 3.63) is 0 Å². The minimum Gasteiger partial charge on any atom is -0.305 e. The Labute approximate surface area is 44.5 Å². The molecule has 1 saturated heterocycles. The van der Waals surface area contributed by atoms with E-state index in [1.54, 1.807) is 0 Å². The second-order valence-electron chi connectivity index (χ2n) is 1.88. The van der Waals surface area contributed by atoms with Gasteiger partial charge in [0.1, 0.15) is 0 Å². The maximum absolute atomic E-state index is 3.24. The molecule has 0 unspecified atom stereocenters. The smallest absolute Gasteiger partial charge is 0.0481 e. The molecule has 0 bridgehead atoms. The molecule has 0 amide bonds. The first kappa shape index (κ1) is 5.06. The van der Waals surface area contributed by atoms with Crippen molar-refractivity contribution in [3.63, 3.8) is 0 Å². The zero-order chi connectivity index (χ0) is 5.11. The highest BCUT2D eigenvalue weighted by Crippen LogP contribution is 1.97. The van der Waals surface area contributed by atoms with Crippen molar-refractivity contribution in [1.82, 2.24) is 10.2 Å². The second-order valence-corrected chi connectivity index (χ2v) is 1.88. The van der Waals surface area contributed by atoms with Gasteiger partial charge in [-0.25, -0.2) is 0 Å². The van der Waals surface area contributed by atoms with Crippen LogP contribution in [0.25, 0.3) is 0 Å². The van der Waals surface area contributed by atoms with Crippen molar-refractivity contribution < 1.29 is 0 Å². The summed E-state index contributed by atoms with van der Waals surface area (Å²) in [5.41, 5.74) is 0. The van der Waals surface area contributed by atoms with Crippen LogP contribution in [0.15, 0.2) is 0 Å². The van der Waals surface area contributed by atoms with Crippen LogP contribution < -0.4 is 5.32 Å². The van der Waals surface area contributed by atoms with Gasteiger partial charge in [0.15, 0.2) is 0 Å². The number of hydrogen-bond acceptors (Lipinski definition) is 2. The Balaban J connectivity index is 1.80. The van der Waals surface area contributed by atoms with Gasteiger partial charge < -0.3 is 5.32 Å². The molecule has 2 heteroatoms. The molecule has 0 saturated carbocycles. The molecule has 2 nitrogen and oxygen atoms in total. The van der Waals surface area contributed by atoms with Gasteiger partial charge in [-0.1, -0.05) is 6.92 Å². The van der Waals surface area contributed by atoms with Crippen LogP contribution in [0.5, 0.6) is 0 Å². The SMILES string of the molecule is CCNCN1CC1. The monoisotopic (exact) mass is 100 g/mol.